The molecule has 0 amide bonds. The SMILES string of the molecule is CCOP(=O)(NC(c1ccc(C)cc1)P(=O)(OCC)OCC)OCC. The van der Waals surface area contributed by atoms with E-state index in [9.17, 15) is 9.13 Å². The van der Waals surface area contributed by atoms with Crippen molar-refractivity contribution in [3.8, 4) is 0 Å². The second-order valence-electron chi connectivity index (χ2n) is 5.15. The predicted molar refractivity (Wildman–Crippen MR) is 98.8 cm³/mol. The van der Waals surface area contributed by atoms with E-state index >= 15 is 0 Å². The molecular weight excluding hydrogens is 364 g/mol. The van der Waals surface area contributed by atoms with Crippen LogP contribution >= 0.6 is 15.3 Å². The molecule has 0 aliphatic heterocycles. The Labute approximate surface area is 150 Å². The summed E-state index contributed by atoms with van der Waals surface area (Å²) in [4.78, 5) is 0. The van der Waals surface area contributed by atoms with Gasteiger partial charge in [0.15, 0.2) is 0 Å². The topological polar surface area (TPSA) is 83.1 Å². The maximum absolute atomic E-state index is 13.3. The van der Waals surface area contributed by atoms with E-state index in [1.807, 2.05) is 19.1 Å². The van der Waals surface area contributed by atoms with Crippen LogP contribution in [0.4, 0.5) is 0 Å². The lowest BCUT2D eigenvalue weighted by atomic mass is 10.1. The highest BCUT2D eigenvalue weighted by atomic mass is 31.2. The van der Waals surface area contributed by atoms with E-state index in [2.05, 4.69) is 5.09 Å². The molecule has 25 heavy (non-hydrogen) atoms. The Morgan fingerprint density at radius 3 is 1.68 bits per heavy atom. The zero-order valence-electron chi connectivity index (χ0n) is 15.6. The van der Waals surface area contributed by atoms with Crippen molar-refractivity contribution in [3.05, 3.63) is 35.4 Å². The minimum Gasteiger partial charge on any atom is -0.308 e. The zero-order chi connectivity index (χ0) is 18.9. The van der Waals surface area contributed by atoms with Crippen molar-refractivity contribution in [2.45, 2.75) is 40.4 Å². The minimum absolute atomic E-state index is 0.179. The van der Waals surface area contributed by atoms with E-state index in [1.54, 1.807) is 39.8 Å². The second kappa shape index (κ2) is 10.6. The van der Waals surface area contributed by atoms with Gasteiger partial charge in [0.05, 0.1) is 26.4 Å². The molecule has 0 saturated heterocycles. The molecule has 144 valence electrons. The predicted octanol–water partition coefficient (Wildman–Crippen LogP) is 5.03. The first-order chi connectivity index (χ1) is 11.8. The van der Waals surface area contributed by atoms with Crippen LogP contribution in [0, 0.1) is 6.92 Å². The Morgan fingerprint density at radius 2 is 1.28 bits per heavy atom. The number of aryl methyl sites for hydroxylation is 1. The molecule has 1 unspecified atom stereocenters. The van der Waals surface area contributed by atoms with Gasteiger partial charge < -0.3 is 9.05 Å². The molecular formula is C16H29NO6P2. The second-order valence-corrected chi connectivity index (χ2v) is 9.03. The Balaban J connectivity index is 3.33. The van der Waals surface area contributed by atoms with Crippen molar-refractivity contribution in [1.29, 1.82) is 0 Å². The van der Waals surface area contributed by atoms with Gasteiger partial charge >= 0.3 is 15.3 Å². The molecule has 0 saturated carbocycles. The highest BCUT2D eigenvalue weighted by molar-refractivity contribution is 7.57. The molecule has 7 nitrogen and oxygen atoms in total. The van der Waals surface area contributed by atoms with Crippen LogP contribution in [0.15, 0.2) is 24.3 Å². The van der Waals surface area contributed by atoms with Crippen molar-refractivity contribution < 1.29 is 27.2 Å². The van der Waals surface area contributed by atoms with Crippen LogP contribution in [0.5, 0.6) is 0 Å². The summed E-state index contributed by atoms with van der Waals surface area (Å²) in [5.41, 5.74) is 1.67. The summed E-state index contributed by atoms with van der Waals surface area (Å²) in [7, 11) is -7.33. The molecule has 0 aliphatic carbocycles. The summed E-state index contributed by atoms with van der Waals surface area (Å²) in [5, 5.41) is 2.78. The molecule has 9 heteroatoms. The average Bonchev–Trinajstić information content (AvgIpc) is 2.54. The molecule has 1 aromatic rings. The maximum atomic E-state index is 13.3. The highest BCUT2D eigenvalue weighted by Gasteiger charge is 2.42. The van der Waals surface area contributed by atoms with Gasteiger partial charge in [0.25, 0.3) is 0 Å². The lowest BCUT2D eigenvalue weighted by molar-refractivity contribution is 0.193. The fourth-order valence-electron chi connectivity index (χ4n) is 2.22. The van der Waals surface area contributed by atoms with Gasteiger partial charge in [-0.15, -0.1) is 0 Å². The fourth-order valence-corrected chi connectivity index (χ4v) is 6.20. The van der Waals surface area contributed by atoms with Crippen LogP contribution < -0.4 is 5.09 Å². The van der Waals surface area contributed by atoms with Gasteiger partial charge in [-0.2, -0.15) is 0 Å². The van der Waals surface area contributed by atoms with Gasteiger partial charge in [0, 0.05) is 0 Å². The van der Waals surface area contributed by atoms with Gasteiger partial charge in [-0.1, -0.05) is 29.8 Å². The van der Waals surface area contributed by atoms with Crippen molar-refractivity contribution in [2.75, 3.05) is 26.4 Å². The molecule has 0 aliphatic rings. The molecule has 0 aromatic heterocycles. The first kappa shape index (κ1) is 22.5. The highest BCUT2D eigenvalue weighted by Crippen LogP contribution is 2.63. The summed E-state index contributed by atoms with van der Waals surface area (Å²) in [5.74, 6) is -0.975. The first-order valence-corrected chi connectivity index (χ1v) is 11.6. The molecule has 1 rings (SSSR count). The van der Waals surface area contributed by atoms with Gasteiger partial charge in [-0.3, -0.25) is 13.6 Å². The first-order valence-electron chi connectivity index (χ1n) is 8.46. The smallest absolute Gasteiger partial charge is 0.308 e. The quantitative estimate of drug-likeness (QED) is 0.499. The molecule has 0 radical (unpaired) electrons. The van der Waals surface area contributed by atoms with Crippen molar-refractivity contribution in [3.63, 3.8) is 0 Å². The van der Waals surface area contributed by atoms with E-state index in [0.717, 1.165) is 5.56 Å². The molecule has 1 aromatic carbocycles. The lowest BCUT2D eigenvalue weighted by Gasteiger charge is -2.30. The number of nitrogens with one attached hydrogen (secondary N) is 1. The lowest BCUT2D eigenvalue weighted by Crippen LogP contribution is -2.23. The van der Waals surface area contributed by atoms with Crippen molar-refractivity contribution in [1.82, 2.24) is 5.09 Å². The normalized spacial score (nSPS) is 13.8. The Kier molecular flexibility index (Phi) is 9.54. The van der Waals surface area contributed by atoms with E-state index in [4.69, 9.17) is 18.1 Å². The fraction of sp³-hybridized carbons (Fsp3) is 0.625. The summed E-state index contributed by atoms with van der Waals surface area (Å²) >= 11 is 0. The van der Waals surface area contributed by atoms with Crippen LogP contribution in [0.25, 0.3) is 0 Å². The monoisotopic (exact) mass is 393 g/mol. The van der Waals surface area contributed by atoms with Gasteiger partial charge in [-0.25, -0.2) is 9.65 Å². The third-order valence-corrected chi connectivity index (χ3v) is 7.48. The number of rotatable bonds is 12. The van der Waals surface area contributed by atoms with Crippen LogP contribution in [0.3, 0.4) is 0 Å². The van der Waals surface area contributed by atoms with Gasteiger partial charge in [0.1, 0.15) is 5.78 Å². The third-order valence-electron chi connectivity index (χ3n) is 3.21. The number of benzene rings is 1. The Bertz CT molecular complexity index is 587. The van der Waals surface area contributed by atoms with E-state index < -0.39 is 21.1 Å². The van der Waals surface area contributed by atoms with Crippen molar-refractivity contribution >= 4 is 15.3 Å². The molecule has 1 atom stereocenters. The molecule has 1 N–H and O–H groups in total. The average molecular weight is 393 g/mol. The van der Waals surface area contributed by atoms with E-state index in [-0.39, 0.29) is 26.4 Å². The minimum atomic E-state index is -3.68. The van der Waals surface area contributed by atoms with Crippen LogP contribution in [0.1, 0.15) is 44.6 Å². The van der Waals surface area contributed by atoms with E-state index in [0.29, 0.717) is 5.56 Å². The molecule has 0 heterocycles. The van der Waals surface area contributed by atoms with Gasteiger partial charge in [0.2, 0.25) is 0 Å². The Morgan fingerprint density at radius 1 is 0.840 bits per heavy atom. The zero-order valence-corrected chi connectivity index (χ0v) is 17.3. The van der Waals surface area contributed by atoms with Gasteiger partial charge in [-0.05, 0) is 40.2 Å². The summed E-state index contributed by atoms with van der Waals surface area (Å²) in [6.07, 6.45) is 0. The summed E-state index contributed by atoms with van der Waals surface area (Å²) in [6, 6.07) is 7.33. The van der Waals surface area contributed by atoms with Crippen LogP contribution in [-0.2, 0) is 27.2 Å². The Hall–Kier alpha value is -0.520. The summed E-state index contributed by atoms with van der Waals surface area (Å²) in [6.45, 7) is 9.55. The summed E-state index contributed by atoms with van der Waals surface area (Å²) < 4.78 is 47.8. The molecule has 0 spiro atoms. The molecule has 0 fully saturated rings. The third kappa shape index (κ3) is 6.61. The maximum Gasteiger partial charge on any atom is 0.406 e. The van der Waals surface area contributed by atoms with Crippen LogP contribution in [0.2, 0.25) is 0 Å². The molecule has 0 bridgehead atoms. The van der Waals surface area contributed by atoms with Crippen LogP contribution in [-0.4, -0.2) is 26.4 Å². The van der Waals surface area contributed by atoms with Crippen molar-refractivity contribution in [2.24, 2.45) is 0 Å². The number of hydrogen-bond acceptors (Lipinski definition) is 6. The standard InChI is InChI=1S/C16H29NO6P2/c1-6-20-24(18,21-7-2)16(15-12-10-14(5)11-13-15)17-25(19,22-8-3)23-9-4/h10-13,16H,6-9H2,1-5H3,(H,17,19). The number of hydrogen-bond donors (Lipinski definition) is 1. The van der Waals surface area contributed by atoms with E-state index in [1.165, 1.54) is 0 Å². The largest absolute Gasteiger partial charge is 0.406 e.